The molecule has 7 nitrogen and oxygen atoms in total. The monoisotopic (exact) mass is 612 g/mol. The lowest BCUT2D eigenvalue weighted by atomic mass is 9.98. The maximum atomic E-state index is 13.4. The lowest BCUT2D eigenvalue weighted by Crippen LogP contribution is -2.32. The van der Waals surface area contributed by atoms with Crippen LogP contribution in [0.3, 0.4) is 0 Å². The molecule has 2 aliphatic rings. The number of unbranched alkanes of at least 4 members (excludes halogenated alkanes) is 15. The largest absolute Gasteiger partial charge is 0.374 e. The Morgan fingerprint density at radius 1 is 0.833 bits per heavy atom. The van der Waals surface area contributed by atoms with Gasteiger partial charge in [-0.3, -0.25) is 14.4 Å². The van der Waals surface area contributed by atoms with Gasteiger partial charge in [-0.2, -0.15) is 0 Å². The Bertz CT molecular complexity index is 1210. The number of ketones is 1. The molecule has 2 unspecified atom stereocenters. The van der Waals surface area contributed by atoms with E-state index >= 15 is 0 Å². The number of aromatic nitrogens is 2. The molecule has 230 valence electrons. The SMILES string of the molecule is CCCCCCCCCCCCCCCCCCC1CC(=O)N(c2c(S)ccc3c2CC(c2nnc(N)s2)C3=O)C1=O. The summed E-state index contributed by atoms with van der Waals surface area (Å²) >= 11 is 5.79. The highest BCUT2D eigenvalue weighted by atomic mass is 32.1. The molecule has 0 spiro atoms. The number of benzene rings is 1. The Balaban J connectivity index is 1.15. The van der Waals surface area contributed by atoms with Crippen LogP contribution in [0.5, 0.6) is 0 Å². The number of carbonyl (C=O) groups excluding carboxylic acids is 3. The summed E-state index contributed by atoms with van der Waals surface area (Å²) in [5.41, 5.74) is 7.42. The van der Waals surface area contributed by atoms with Crippen molar-refractivity contribution in [2.75, 3.05) is 10.6 Å². The summed E-state index contributed by atoms with van der Waals surface area (Å²) < 4.78 is 0. The van der Waals surface area contributed by atoms with Crippen LogP contribution in [0.1, 0.15) is 149 Å². The Hall–Kier alpha value is -2.26. The molecule has 1 aliphatic carbocycles. The first-order valence-corrected chi connectivity index (χ1v) is 17.5. The van der Waals surface area contributed by atoms with Crippen molar-refractivity contribution < 1.29 is 14.4 Å². The van der Waals surface area contributed by atoms with Gasteiger partial charge in [0.25, 0.3) is 0 Å². The maximum absolute atomic E-state index is 13.4. The van der Waals surface area contributed by atoms with Gasteiger partial charge in [-0.1, -0.05) is 121 Å². The molecule has 2 N–H and O–H groups in total. The summed E-state index contributed by atoms with van der Waals surface area (Å²) in [6.45, 7) is 2.27. The van der Waals surface area contributed by atoms with Gasteiger partial charge in [-0.25, -0.2) is 4.90 Å². The first-order chi connectivity index (χ1) is 20.4. The van der Waals surface area contributed by atoms with Crippen molar-refractivity contribution >= 4 is 52.4 Å². The minimum absolute atomic E-state index is 0.0838. The molecule has 2 atom stereocenters. The Morgan fingerprint density at radius 3 is 1.95 bits per heavy atom. The molecular formula is C33H48N4O3S2. The Kier molecular flexibility index (Phi) is 12.9. The molecular weight excluding hydrogens is 565 g/mol. The average Bonchev–Trinajstić information content (AvgIpc) is 3.63. The van der Waals surface area contributed by atoms with E-state index in [1.165, 1.54) is 106 Å². The van der Waals surface area contributed by atoms with Crippen molar-refractivity contribution in [2.24, 2.45) is 5.92 Å². The number of carbonyl (C=O) groups is 3. The lowest BCUT2D eigenvalue weighted by Gasteiger charge is -2.20. The highest BCUT2D eigenvalue weighted by Gasteiger charge is 2.44. The van der Waals surface area contributed by atoms with Gasteiger partial charge >= 0.3 is 0 Å². The van der Waals surface area contributed by atoms with Gasteiger partial charge in [0.15, 0.2) is 5.78 Å². The summed E-state index contributed by atoms with van der Waals surface area (Å²) in [7, 11) is 0. The van der Waals surface area contributed by atoms with Crippen LogP contribution in [0.15, 0.2) is 17.0 Å². The van der Waals surface area contributed by atoms with E-state index < -0.39 is 5.92 Å². The minimum Gasteiger partial charge on any atom is -0.374 e. The number of anilines is 2. The third kappa shape index (κ3) is 8.43. The molecule has 4 rings (SSSR count). The van der Waals surface area contributed by atoms with Crippen LogP contribution < -0.4 is 10.6 Å². The number of imide groups is 1. The normalized spacial score (nSPS) is 18.4. The van der Waals surface area contributed by atoms with Crippen molar-refractivity contribution in [2.45, 2.75) is 140 Å². The van der Waals surface area contributed by atoms with Crippen molar-refractivity contribution in [1.29, 1.82) is 0 Å². The van der Waals surface area contributed by atoms with E-state index in [0.29, 0.717) is 38.3 Å². The minimum atomic E-state index is -0.502. The zero-order chi connectivity index (χ0) is 29.9. The molecule has 1 aromatic heterocycles. The highest BCUT2D eigenvalue weighted by molar-refractivity contribution is 7.80. The van der Waals surface area contributed by atoms with Crippen LogP contribution in [0.25, 0.3) is 0 Å². The third-order valence-corrected chi connectivity index (χ3v) is 10.1. The number of nitrogen functional groups attached to an aromatic ring is 1. The molecule has 1 aliphatic heterocycles. The summed E-state index contributed by atoms with van der Waals surface area (Å²) in [5.74, 6) is -1.26. The molecule has 1 aromatic carbocycles. The maximum Gasteiger partial charge on any atom is 0.237 e. The van der Waals surface area contributed by atoms with E-state index in [-0.39, 0.29) is 29.9 Å². The number of Topliss-reactive ketones (excluding diaryl/α,β-unsaturated/α-hetero) is 1. The third-order valence-electron chi connectivity index (χ3n) is 8.88. The van der Waals surface area contributed by atoms with Gasteiger partial charge in [0, 0.05) is 22.8 Å². The van der Waals surface area contributed by atoms with Crippen molar-refractivity contribution in [3.05, 3.63) is 28.3 Å². The van der Waals surface area contributed by atoms with Crippen LogP contribution in [-0.2, 0) is 16.0 Å². The van der Waals surface area contributed by atoms with Crippen molar-refractivity contribution in [1.82, 2.24) is 10.2 Å². The number of nitrogens with zero attached hydrogens (tertiary/aromatic N) is 3. The average molecular weight is 613 g/mol. The number of hydrogen-bond donors (Lipinski definition) is 2. The number of amides is 2. The molecule has 0 saturated carbocycles. The zero-order valence-corrected chi connectivity index (χ0v) is 27.0. The smallest absolute Gasteiger partial charge is 0.237 e. The van der Waals surface area contributed by atoms with E-state index in [4.69, 9.17) is 5.73 Å². The van der Waals surface area contributed by atoms with Crippen LogP contribution >= 0.6 is 24.0 Å². The number of hydrogen-bond acceptors (Lipinski definition) is 8. The van der Waals surface area contributed by atoms with Gasteiger partial charge in [-0.15, -0.1) is 22.8 Å². The summed E-state index contributed by atoms with van der Waals surface area (Å²) in [4.78, 5) is 41.5. The van der Waals surface area contributed by atoms with E-state index in [2.05, 4.69) is 29.7 Å². The molecule has 0 radical (unpaired) electrons. The summed E-state index contributed by atoms with van der Waals surface area (Å²) in [6, 6.07) is 3.43. The number of nitrogens with two attached hydrogens (primary N) is 1. The first-order valence-electron chi connectivity index (χ1n) is 16.3. The van der Waals surface area contributed by atoms with E-state index in [1.807, 2.05) is 0 Å². The number of fused-ring (bicyclic) bond motifs is 1. The fourth-order valence-corrected chi connectivity index (χ4v) is 7.50. The van der Waals surface area contributed by atoms with Crippen LogP contribution in [0, 0.1) is 5.92 Å². The van der Waals surface area contributed by atoms with Crippen LogP contribution in [-0.4, -0.2) is 27.8 Å². The lowest BCUT2D eigenvalue weighted by molar-refractivity contribution is -0.122. The molecule has 1 fully saturated rings. The predicted octanol–water partition coefficient (Wildman–Crippen LogP) is 8.46. The van der Waals surface area contributed by atoms with Crippen LogP contribution in [0.2, 0.25) is 0 Å². The Morgan fingerprint density at radius 2 is 1.40 bits per heavy atom. The Labute approximate surface area is 260 Å². The second-order valence-corrected chi connectivity index (χ2v) is 13.6. The van der Waals surface area contributed by atoms with Crippen LogP contribution in [0.4, 0.5) is 10.8 Å². The summed E-state index contributed by atoms with van der Waals surface area (Å²) in [6.07, 6.45) is 22.2. The van der Waals surface area contributed by atoms with Gasteiger partial charge < -0.3 is 5.73 Å². The quantitative estimate of drug-likeness (QED) is 0.0936. The van der Waals surface area contributed by atoms with Gasteiger partial charge in [0.1, 0.15) is 5.01 Å². The van der Waals surface area contributed by atoms with Crippen molar-refractivity contribution in [3.8, 4) is 0 Å². The molecule has 9 heteroatoms. The molecule has 2 aromatic rings. The molecule has 2 amide bonds. The predicted molar refractivity (Wildman–Crippen MR) is 174 cm³/mol. The topological polar surface area (TPSA) is 106 Å². The first kappa shape index (κ1) is 32.6. The fourth-order valence-electron chi connectivity index (χ4n) is 6.48. The standard InChI is InChI=1S/C33H48N4O3S2/c1-2-3-4-5-6-7-8-9-10-11-12-13-14-15-16-17-18-23-21-28(38)37(32(23)40)29-25-22-26(31-35-36-33(34)42-31)30(39)24(25)19-20-27(29)41/h19-20,23,26,41H,2-18,21-22H2,1H3,(H2,34,36). The van der Waals surface area contributed by atoms with E-state index in [9.17, 15) is 14.4 Å². The second kappa shape index (κ2) is 16.6. The number of rotatable bonds is 19. The van der Waals surface area contributed by atoms with Gasteiger partial charge in [-0.05, 0) is 30.5 Å². The number of thiol groups is 1. The van der Waals surface area contributed by atoms with Crippen molar-refractivity contribution in [3.63, 3.8) is 0 Å². The zero-order valence-electron chi connectivity index (χ0n) is 25.2. The van der Waals surface area contributed by atoms with Gasteiger partial charge in [0.05, 0.1) is 11.6 Å². The fraction of sp³-hybridized carbons (Fsp3) is 0.667. The van der Waals surface area contributed by atoms with E-state index in [0.717, 1.165) is 19.3 Å². The molecule has 2 heterocycles. The molecule has 42 heavy (non-hydrogen) atoms. The van der Waals surface area contributed by atoms with Gasteiger partial charge in [0.2, 0.25) is 16.9 Å². The second-order valence-electron chi connectivity index (χ2n) is 12.1. The summed E-state index contributed by atoms with van der Waals surface area (Å²) in [5, 5.41) is 8.79. The van der Waals surface area contributed by atoms with E-state index in [1.54, 1.807) is 12.1 Å². The highest BCUT2D eigenvalue weighted by Crippen LogP contribution is 2.44. The molecule has 1 saturated heterocycles. The molecule has 0 bridgehead atoms.